The molecule has 0 atom stereocenters. The fourth-order valence-electron chi connectivity index (χ4n) is 0.790. The van der Waals surface area contributed by atoms with Gasteiger partial charge in [0.2, 0.25) is 0 Å². The average Bonchev–Trinajstić information content (AvgIpc) is 2.03. The molecule has 0 unspecified atom stereocenters. The molecule has 0 aliphatic heterocycles. The van der Waals surface area contributed by atoms with Crippen LogP contribution in [0.5, 0.6) is 0 Å². The summed E-state index contributed by atoms with van der Waals surface area (Å²) in [7, 11) is 0. The fourth-order valence-corrected chi connectivity index (χ4v) is 0.916. The van der Waals surface area contributed by atoms with Gasteiger partial charge in [-0.3, -0.25) is 4.79 Å². The second-order valence-corrected chi connectivity index (χ2v) is 2.69. The average molecular weight is 245 g/mol. The Morgan fingerprint density at radius 3 is 1.86 bits per heavy atom. The number of carbonyl (C=O) groups excluding carboxylic acids is 1. The van der Waals surface area contributed by atoms with Crippen molar-refractivity contribution in [2.24, 2.45) is 0 Å². The van der Waals surface area contributed by atoms with E-state index in [1.807, 2.05) is 0 Å². The summed E-state index contributed by atoms with van der Waals surface area (Å²) < 4.78 is 36.0. The third-order valence-corrected chi connectivity index (χ3v) is 1.66. The van der Waals surface area contributed by atoms with Crippen molar-refractivity contribution in [2.45, 2.75) is 6.18 Å². The Balaban J connectivity index is 0.00000169. The summed E-state index contributed by atoms with van der Waals surface area (Å²) in [5, 5.41) is -0.770. The van der Waals surface area contributed by atoms with Crippen LogP contribution in [0, 0.1) is 0 Å². The highest BCUT2D eigenvalue weighted by Gasteiger charge is 2.30. The summed E-state index contributed by atoms with van der Waals surface area (Å²) in [5.41, 5.74) is -0.746. The second-order valence-electron chi connectivity index (χ2n) is 2.35. The van der Waals surface area contributed by atoms with Crippen LogP contribution in [0.4, 0.5) is 13.2 Å². The molecule has 0 aliphatic rings. The molecule has 1 rings (SSSR count). The minimum absolute atomic E-state index is 0. The van der Waals surface area contributed by atoms with Crippen molar-refractivity contribution in [2.75, 3.05) is 0 Å². The molecule has 1 aromatic rings. The molecule has 0 aliphatic carbocycles. The monoisotopic (exact) mass is 244 g/mol. The van der Waals surface area contributed by atoms with Crippen molar-refractivity contribution >= 4 is 29.3 Å². The highest BCUT2D eigenvalue weighted by Crippen LogP contribution is 2.29. The Hall–Kier alpha value is -0.740. The Morgan fingerprint density at radius 1 is 1.14 bits per heavy atom. The standard InChI is InChI=1S/C8H4ClF3O.ClH/c9-7(13)5-1-3-6(4-2-5)8(10,11)12;/h1-4H;1H. The molecule has 0 saturated heterocycles. The van der Waals surface area contributed by atoms with Crippen molar-refractivity contribution in [3.63, 3.8) is 0 Å². The molecule has 78 valence electrons. The van der Waals surface area contributed by atoms with Gasteiger partial charge in [-0.05, 0) is 35.9 Å². The van der Waals surface area contributed by atoms with Gasteiger partial charge in [0.25, 0.3) is 5.24 Å². The summed E-state index contributed by atoms with van der Waals surface area (Å²) in [6.07, 6.45) is -4.38. The lowest BCUT2D eigenvalue weighted by atomic mass is 10.1. The molecule has 0 radical (unpaired) electrons. The first-order chi connectivity index (χ1) is 5.91. The van der Waals surface area contributed by atoms with E-state index in [4.69, 9.17) is 11.6 Å². The Morgan fingerprint density at radius 2 is 1.57 bits per heavy atom. The first-order valence-corrected chi connectivity index (χ1v) is 3.66. The van der Waals surface area contributed by atoms with E-state index >= 15 is 0 Å². The van der Waals surface area contributed by atoms with Crippen LogP contribution < -0.4 is 0 Å². The molecule has 1 nitrogen and oxygen atoms in total. The van der Waals surface area contributed by atoms with Gasteiger partial charge in [0, 0.05) is 5.56 Å². The van der Waals surface area contributed by atoms with E-state index in [9.17, 15) is 18.0 Å². The molecule has 0 fully saturated rings. The zero-order valence-corrected chi connectivity index (χ0v) is 8.21. The van der Waals surface area contributed by atoms with Crippen LogP contribution in [0.25, 0.3) is 0 Å². The number of halogens is 5. The van der Waals surface area contributed by atoms with E-state index < -0.39 is 17.0 Å². The number of alkyl halides is 3. The first-order valence-electron chi connectivity index (χ1n) is 3.28. The molecule has 0 N–H and O–H groups in total. The smallest absolute Gasteiger partial charge is 0.276 e. The number of hydrogen-bond acceptors (Lipinski definition) is 1. The van der Waals surface area contributed by atoms with E-state index in [0.717, 1.165) is 24.3 Å². The fraction of sp³-hybridized carbons (Fsp3) is 0.125. The van der Waals surface area contributed by atoms with Crippen molar-refractivity contribution in [1.29, 1.82) is 0 Å². The predicted molar refractivity (Wildman–Crippen MR) is 48.9 cm³/mol. The van der Waals surface area contributed by atoms with Gasteiger partial charge >= 0.3 is 6.18 Å². The molecular formula is C8H5Cl2F3O. The minimum Gasteiger partial charge on any atom is -0.276 e. The van der Waals surface area contributed by atoms with E-state index in [-0.39, 0.29) is 18.0 Å². The Kier molecular flexibility index (Phi) is 4.42. The maximum atomic E-state index is 12.0. The lowest BCUT2D eigenvalue weighted by Gasteiger charge is -2.05. The Labute approximate surface area is 89.3 Å². The first kappa shape index (κ1) is 13.3. The molecule has 0 saturated carbocycles. The summed E-state index contributed by atoms with van der Waals surface area (Å²) in [6, 6.07) is 3.71. The molecule has 0 amide bonds. The molecule has 14 heavy (non-hydrogen) atoms. The molecule has 0 aromatic heterocycles. The van der Waals surface area contributed by atoms with E-state index in [1.54, 1.807) is 0 Å². The van der Waals surface area contributed by atoms with E-state index in [0.29, 0.717) is 0 Å². The summed E-state index contributed by atoms with van der Waals surface area (Å²) in [6.45, 7) is 0. The zero-order valence-electron chi connectivity index (χ0n) is 6.64. The number of rotatable bonds is 1. The third-order valence-electron chi connectivity index (χ3n) is 1.44. The summed E-state index contributed by atoms with van der Waals surface area (Å²) in [5.74, 6) is 0. The predicted octanol–water partition coefficient (Wildman–Crippen LogP) is 3.51. The van der Waals surface area contributed by atoms with Crippen LogP contribution in [-0.4, -0.2) is 5.24 Å². The Bertz CT molecular complexity index is 318. The molecular weight excluding hydrogens is 240 g/mol. The van der Waals surface area contributed by atoms with Gasteiger partial charge in [-0.25, -0.2) is 0 Å². The van der Waals surface area contributed by atoms with Crippen LogP contribution in [0.3, 0.4) is 0 Å². The largest absolute Gasteiger partial charge is 0.416 e. The van der Waals surface area contributed by atoms with Gasteiger partial charge in [-0.1, -0.05) is 0 Å². The lowest BCUT2D eigenvalue weighted by molar-refractivity contribution is -0.137. The van der Waals surface area contributed by atoms with Gasteiger partial charge in [-0.2, -0.15) is 13.2 Å². The maximum absolute atomic E-state index is 12.0. The van der Waals surface area contributed by atoms with Crippen molar-refractivity contribution in [3.8, 4) is 0 Å². The lowest BCUT2D eigenvalue weighted by Crippen LogP contribution is -2.04. The highest BCUT2D eigenvalue weighted by atomic mass is 35.5. The zero-order chi connectivity index (χ0) is 10.1. The van der Waals surface area contributed by atoms with Gasteiger partial charge in [0.05, 0.1) is 5.56 Å². The highest BCUT2D eigenvalue weighted by molar-refractivity contribution is 6.67. The molecule has 6 heteroatoms. The minimum atomic E-state index is -4.38. The van der Waals surface area contributed by atoms with Crippen LogP contribution in [0.15, 0.2) is 24.3 Å². The van der Waals surface area contributed by atoms with Crippen LogP contribution in [0.1, 0.15) is 15.9 Å². The quantitative estimate of drug-likeness (QED) is 0.692. The SMILES string of the molecule is Cl.O=C(Cl)c1ccc(C(F)(F)F)cc1. The number of carbonyl (C=O) groups is 1. The van der Waals surface area contributed by atoms with Crippen LogP contribution >= 0.6 is 24.0 Å². The molecule has 1 aromatic carbocycles. The van der Waals surface area contributed by atoms with Gasteiger partial charge in [0.15, 0.2) is 0 Å². The number of hydrogen-bond donors (Lipinski definition) is 0. The van der Waals surface area contributed by atoms with Crippen LogP contribution in [0.2, 0.25) is 0 Å². The van der Waals surface area contributed by atoms with E-state index in [2.05, 4.69) is 0 Å². The van der Waals surface area contributed by atoms with Crippen molar-refractivity contribution in [3.05, 3.63) is 35.4 Å². The molecule has 0 heterocycles. The van der Waals surface area contributed by atoms with Gasteiger partial charge < -0.3 is 0 Å². The number of benzene rings is 1. The molecule has 0 bridgehead atoms. The normalized spacial score (nSPS) is 10.6. The van der Waals surface area contributed by atoms with E-state index in [1.165, 1.54) is 0 Å². The molecule has 0 spiro atoms. The summed E-state index contributed by atoms with van der Waals surface area (Å²) in [4.78, 5) is 10.5. The van der Waals surface area contributed by atoms with Gasteiger partial charge in [0.1, 0.15) is 0 Å². The maximum Gasteiger partial charge on any atom is 0.416 e. The summed E-state index contributed by atoms with van der Waals surface area (Å²) >= 11 is 5.05. The van der Waals surface area contributed by atoms with Crippen molar-refractivity contribution < 1.29 is 18.0 Å². The third kappa shape index (κ3) is 3.20. The topological polar surface area (TPSA) is 17.1 Å². The second kappa shape index (κ2) is 4.66. The van der Waals surface area contributed by atoms with Crippen molar-refractivity contribution in [1.82, 2.24) is 0 Å². The van der Waals surface area contributed by atoms with Crippen LogP contribution in [-0.2, 0) is 6.18 Å². The van der Waals surface area contributed by atoms with Gasteiger partial charge in [-0.15, -0.1) is 12.4 Å².